The molecular weight excluding hydrogens is 376 g/mol. The first-order valence-electron chi connectivity index (χ1n) is 7.91. The molecule has 0 radical (unpaired) electrons. The lowest BCUT2D eigenvalue weighted by Gasteiger charge is -2.20. The molecule has 0 aromatic heterocycles. The van der Waals surface area contributed by atoms with Crippen LogP contribution in [0.4, 0.5) is 11.4 Å². The lowest BCUT2D eigenvalue weighted by atomic mass is 10.1. The normalized spacial score (nSPS) is 12.5. The van der Waals surface area contributed by atoms with E-state index in [0.29, 0.717) is 11.3 Å². The third-order valence-electron chi connectivity index (χ3n) is 3.96. The van der Waals surface area contributed by atoms with Crippen LogP contribution < -0.4 is 9.47 Å². The quantitative estimate of drug-likeness (QED) is 0.413. The second-order valence-corrected chi connectivity index (χ2v) is 5.68. The number of non-ortho nitro benzene ring substituents is 2. The van der Waals surface area contributed by atoms with Crippen molar-refractivity contribution in [2.75, 3.05) is 13.9 Å². The number of methoxy groups -OCH3 is 1. The molecule has 2 aromatic carbocycles. The van der Waals surface area contributed by atoms with Gasteiger partial charge >= 0.3 is 5.97 Å². The maximum Gasteiger partial charge on any atom is 0.342 e. The highest BCUT2D eigenvalue weighted by molar-refractivity contribution is 5.93. The number of ether oxygens (including phenoxy) is 4. The number of fused-ring (bicyclic) bond motifs is 1. The summed E-state index contributed by atoms with van der Waals surface area (Å²) in [6, 6.07) is 6.07. The molecule has 0 saturated heterocycles. The van der Waals surface area contributed by atoms with Crippen LogP contribution in [-0.2, 0) is 22.7 Å². The van der Waals surface area contributed by atoms with Gasteiger partial charge in [0.25, 0.3) is 11.4 Å². The summed E-state index contributed by atoms with van der Waals surface area (Å²) in [6.45, 7) is -0.254. The van der Waals surface area contributed by atoms with Gasteiger partial charge in [0.1, 0.15) is 23.7 Å². The number of benzene rings is 2. The van der Waals surface area contributed by atoms with Gasteiger partial charge in [-0.2, -0.15) is 0 Å². The number of carbonyl (C=O) groups is 1. The average Bonchev–Trinajstić information content (AvgIpc) is 2.70. The van der Waals surface area contributed by atoms with Gasteiger partial charge in [0.05, 0.1) is 23.6 Å². The Bertz CT molecular complexity index is 958. The molecule has 0 spiro atoms. The molecule has 0 aliphatic carbocycles. The largest absolute Gasteiger partial charge is 0.496 e. The molecular formula is C17H14N2O9. The fraction of sp³-hybridized carbons (Fsp3) is 0.235. The van der Waals surface area contributed by atoms with E-state index in [9.17, 15) is 25.0 Å². The van der Waals surface area contributed by atoms with E-state index in [1.165, 1.54) is 31.4 Å². The lowest BCUT2D eigenvalue weighted by Crippen LogP contribution is -2.15. The summed E-state index contributed by atoms with van der Waals surface area (Å²) in [5.74, 6) is -0.440. The summed E-state index contributed by atoms with van der Waals surface area (Å²) in [4.78, 5) is 33.3. The lowest BCUT2D eigenvalue weighted by molar-refractivity contribution is -0.385. The van der Waals surface area contributed by atoms with Crippen LogP contribution in [0.2, 0.25) is 0 Å². The van der Waals surface area contributed by atoms with Gasteiger partial charge in [-0.25, -0.2) is 4.79 Å². The van der Waals surface area contributed by atoms with Crippen molar-refractivity contribution in [2.24, 2.45) is 0 Å². The Labute approximate surface area is 157 Å². The van der Waals surface area contributed by atoms with Crippen molar-refractivity contribution in [1.29, 1.82) is 0 Å². The van der Waals surface area contributed by atoms with Crippen LogP contribution in [0.3, 0.4) is 0 Å². The molecule has 3 rings (SSSR count). The predicted octanol–water partition coefficient (Wildman–Crippen LogP) is 2.74. The van der Waals surface area contributed by atoms with Crippen LogP contribution in [0.5, 0.6) is 11.5 Å². The second kappa shape index (κ2) is 7.88. The molecule has 1 aliphatic rings. The molecule has 0 bridgehead atoms. The zero-order chi connectivity index (χ0) is 20.3. The van der Waals surface area contributed by atoms with Crippen LogP contribution >= 0.6 is 0 Å². The molecule has 0 atom stereocenters. The van der Waals surface area contributed by atoms with Gasteiger partial charge in [0.15, 0.2) is 6.79 Å². The summed E-state index contributed by atoms with van der Waals surface area (Å²) < 4.78 is 20.7. The van der Waals surface area contributed by atoms with E-state index in [1.807, 2.05) is 0 Å². The minimum atomic E-state index is -0.882. The van der Waals surface area contributed by atoms with E-state index < -0.39 is 15.8 Å². The number of hydrogen-bond acceptors (Lipinski definition) is 9. The van der Waals surface area contributed by atoms with Crippen molar-refractivity contribution in [1.82, 2.24) is 0 Å². The number of hydrogen-bond donors (Lipinski definition) is 0. The minimum absolute atomic E-state index is 0.0372. The Morgan fingerprint density at radius 2 is 1.89 bits per heavy atom. The van der Waals surface area contributed by atoms with E-state index in [-0.39, 0.29) is 48.3 Å². The van der Waals surface area contributed by atoms with Gasteiger partial charge in [0, 0.05) is 35.4 Å². The minimum Gasteiger partial charge on any atom is -0.496 e. The van der Waals surface area contributed by atoms with Crippen molar-refractivity contribution in [3.05, 3.63) is 67.3 Å². The highest BCUT2D eigenvalue weighted by Gasteiger charge is 2.23. The third-order valence-corrected chi connectivity index (χ3v) is 3.96. The van der Waals surface area contributed by atoms with Crippen molar-refractivity contribution < 1.29 is 33.6 Å². The summed E-state index contributed by atoms with van der Waals surface area (Å²) in [7, 11) is 1.31. The Kier molecular flexibility index (Phi) is 5.36. The second-order valence-electron chi connectivity index (χ2n) is 5.68. The molecule has 0 N–H and O–H groups in total. The monoisotopic (exact) mass is 390 g/mol. The molecule has 11 nitrogen and oxygen atoms in total. The van der Waals surface area contributed by atoms with Crippen molar-refractivity contribution in [3.63, 3.8) is 0 Å². The zero-order valence-electron chi connectivity index (χ0n) is 14.6. The first-order chi connectivity index (χ1) is 13.4. The Morgan fingerprint density at radius 3 is 2.57 bits per heavy atom. The Hall–Kier alpha value is -3.73. The molecule has 11 heteroatoms. The molecule has 1 aliphatic heterocycles. The van der Waals surface area contributed by atoms with Crippen molar-refractivity contribution in [3.8, 4) is 11.5 Å². The first kappa shape index (κ1) is 19.0. The molecule has 1 heterocycles. The molecule has 0 saturated carbocycles. The van der Waals surface area contributed by atoms with Gasteiger partial charge < -0.3 is 18.9 Å². The van der Waals surface area contributed by atoms with Gasteiger partial charge in [-0.05, 0) is 6.07 Å². The Morgan fingerprint density at radius 1 is 1.14 bits per heavy atom. The smallest absolute Gasteiger partial charge is 0.342 e. The average molecular weight is 390 g/mol. The standard InChI is InChI=1S/C17H14N2O9/c1-25-15-3-2-12(18(21)22)6-14(15)17(20)27-8-11-5-13(19(23)24)4-10-7-26-9-28-16(10)11/h2-6H,7-9H2,1H3. The maximum atomic E-state index is 12.4. The van der Waals surface area contributed by atoms with Crippen molar-refractivity contribution >= 4 is 17.3 Å². The fourth-order valence-corrected chi connectivity index (χ4v) is 2.68. The maximum absolute atomic E-state index is 12.4. The summed E-state index contributed by atoms with van der Waals surface area (Å²) >= 11 is 0. The predicted molar refractivity (Wildman–Crippen MR) is 92.1 cm³/mol. The number of carbonyl (C=O) groups excluding carboxylic acids is 1. The van der Waals surface area contributed by atoms with Crippen LogP contribution in [0.1, 0.15) is 21.5 Å². The zero-order valence-corrected chi connectivity index (χ0v) is 14.6. The van der Waals surface area contributed by atoms with E-state index >= 15 is 0 Å². The molecule has 2 aromatic rings. The molecule has 0 fully saturated rings. The van der Waals surface area contributed by atoms with E-state index in [0.717, 1.165) is 6.07 Å². The van der Waals surface area contributed by atoms with E-state index in [1.54, 1.807) is 0 Å². The topological polar surface area (TPSA) is 140 Å². The van der Waals surface area contributed by atoms with Gasteiger partial charge in [0.2, 0.25) is 0 Å². The van der Waals surface area contributed by atoms with Crippen LogP contribution in [-0.4, -0.2) is 29.7 Å². The summed E-state index contributed by atoms with van der Waals surface area (Å²) in [5, 5.41) is 22.1. The molecule has 0 amide bonds. The van der Waals surface area contributed by atoms with Crippen LogP contribution in [0.15, 0.2) is 30.3 Å². The van der Waals surface area contributed by atoms with Gasteiger partial charge in [-0.15, -0.1) is 0 Å². The van der Waals surface area contributed by atoms with Crippen LogP contribution in [0.25, 0.3) is 0 Å². The van der Waals surface area contributed by atoms with Crippen molar-refractivity contribution in [2.45, 2.75) is 13.2 Å². The molecule has 0 unspecified atom stereocenters. The molecule has 146 valence electrons. The third kappa shape index (κ3) is 3.83. The first-order valence-corrected chi connectivity index (χ1v) is 7.91. The Balaban J connectivity index is 1.87. The summed E-state index contributed by atoms with van der Waals surface area (Å²) in [6.07, 6.45) is 0. The van der Waals surface area contributed by atoms with E-state index in [2.05, 4.69) is 0 Å². The highest BCUT2D eigenvalue weighted by Crippen LogP contribution is 2.33. The number of nitro groups is 2. The SMILES string of the molecule is COc1ccc([N+](=O)[O-])cc1C(=O)OCc1cc([N+](=O)[O-])cc2c1OCOC2. The number of nitrogens with zero attached hydrogens (tertiary/aromatic N) is 2. The number of esters is 1. The number of rotatable bonds is 6. The highest BCUT2D eigenvalue weighted by atomic mass is 16.7. The van der Waals surface area contributed by atoms with Gasteiger partial charge in [-0.3, -0.25) is 20.2 Å². The van der Waals surface area contributed by atoms with Crippen LogP contribution in [0, 0.1) is 20.2 Å². The van der Waals surface area contributed by atoms with E-state index in [4.69, 9.17) is 18.9 Å². The summed E-state index contributed by atoms with van der Waals surface area (Å²) in [5.41, 5.74) is 0.0951. The number of nitro benzene ring substituents is 2. The molecule has 28 heavy (non-hydrogen) atoms. The van der Waals surface area contributed by atoms with Gasteiger partial charge in [-0.1, -0.05) is 0 Å². The fourth-order valence-electron chi connectivity index (χ4n) is 2.68.